The average molecular weight is 521 g/mol. The van der Waals surface area contributed by atoms with E-state index in [1.807, 2.05) is 90.6 Å². The second-order valence-corrected chi connectivity index (χ2v) is 9.23. The van der Waals surface area contributed by atoms with Crippen LogP contribution in [0.25, 0.3) is 22.7 Å². The third-order valence-corrected chi connectivity index (χ3v) is 6.38. The highest BCUT2D eigenvalue weighted by molar-refractivity contribution is 5.94. The molecule has 8 nitrogen and oxygen atoms in total. The molecule has 0 saturated heterocycles. The first-order valence-corrected chi connectivity index (χ1v) is 12.7. The van der Waals surface area contributed by atoms with Crippen LogP contribution in [0.4, 0.5) is 0 Å². The van der Waals surface area contributed by atoms with Crippen LogP contribution in [-0.4, -0.2) is 31.7 Å². The van der Waals surface area contributed by atoms with E-state index in [2.05, 4.69) is 10.3 Å². The molecular formula is C31H28N4O4. The molecule has 0 bridgehead atoms. The van der Waals surface area contributed by atoms with Gasteiger partial charge in [0.2, 0.25) is 5.89 Å². The van der Waals surface area contributed by atoms with Gasteiger partial charge in [0.25, 0.3) is 5.91 Å². The molecule has 3 aromatic carbocycles. The lowest BCUT2D eigenvalue weighted by molar-refractivity contribution is -0.136. The van der Waals surface area contributed by atoms with E-state index in [9.17, 15) is 9.59 Å². The molecule has 0 radical (unpaired) electrons. The number of carbonyl (C=O) groups excluding carboxylic acids is 1. The zero-order chi connectivity index (χ0) is 27.2. The lowest BCUT2D eigenvalue weighted by Crippen LogP contribution is -2.23. The molecule has 0 aliphatic rings. The summed E-state index contributed by atoms with van der Waals surface area (Å²) in [5.74, 6) is 0.153. The molecule has 8 heteroatoms. The summed E-state index contributed by atoms with van der Waals surface area (Å²) in [7, 11) is 0. The van der Waals surface area contributed by atoms with Crippen LogP contribution in [0.2, 0.25) is 0 Å². The minimum atomic E-state index is -0.842. The van der Waals surface area contributed by atoms with Crippen molar-refractivity contribution in [2.24, 2.45) is 0 Å². The number of amides is 1. The maximum atomic E-state index is 12.8. The Hall–Kier alpha value is -4.98. The van der Waals surface area contributed by atoms with Crippen molar-refractivity contribution in [3.63, 3.8) is 0 Å². The fraction of sp³-hybridized carbons (Fsp3) is 0.161. The van der Waals surface area contributed by atoms with Crippen LogP contribution in [0.1, 0.15) is 39.4 Å². The number of hydrogen-bond donors (Lipinski definition) is 2. The van der Waals surface area contributed by atoms with Crippen LogP contribution in [0.5, 0.6) is 0 Å². The van der Waals surface area contributed by atoms with Crippen molar-refractivity contribution in [3.05, 3.63) is 119 Å². The molecular weight excluding hydrogens is 492 g/mol. The molecule has 5 aromatic rings. The number of nitrogens with one attached hydrogen (secondary N) is 1. The van der Waals surface area contributed by atoms with Crippen LogP contribution in [0.3, 0.4) is 0 Å². The van der Waals surface area contributed by atoms with Gasteiger partial charge in [-0.2, -0.15) is 5.10 Å². The quantitative estimate of drug-likeness (QED) is 0.251. The van der Waals surface area contributed by atoms with Gasteiger partial charge in [-0.3, -0.25) is 14.3 Å². The van der Waals surface area contributed by atoms with Crippen molar-refractivity contribution in [2.45, 2.75) is 32.9 Å². The smallest absolute Gasteiger partial charge is 0.303 e. The Bertz CT molecular complexity index is 1570. The second-order valence-electron chi connectivity index (χ2n) is 9.23. The lowest BCUT2D eigenvalue weighted by Gasteiger charge is -2.06. The van der Waals surface area contributed by atoms with Gasteiger partial charge in [0.15, 0.2) is 0 Å². The van der Waals surface area contributed by atoms with Gasteiger partial charge in [0, 0.05) is 29.3 Å². The van der Waals surface area contributed by atoms with Crippen molar-refractivity contribution < 1.29 is 19.1 Å². The predicted molar refractivity (Wildman–Crippen MR) is 147 cm³/mol. The van der Waals surface area contributed by atoms with Gasteiger partial charge in [0.1, 0.15) is 11.5 Å². The summed E-state index contributed by atoms with van der Waals surface area (Å²) in [4.78, 5) is 28.5. The highest BCUT2D eigenvalue weighted by Gasteiger charge is 2.15. The summed E-state index contributed by atoms with van der Waals surface area (Å²) in [6.07, 6.45) is 2.34. The zero-order valence-corrected chi connectivity index (χ0v) is 21.5. The third kappa shape index (κ3) is 6.30. The molecule has 5 rings (SSSR count). The van der Waals surface area contributed by atoms with Gasteiger partial charge >= 0.3 is 5.97 Å². The average Bonchev–Trinajstić information content (AvgIpc) is 3.54. The zero-order valence-electron chi connectivity index (χ0n) is 21.5. The normalized spacial score (nSPS) is 10.9. The van der Waals surface area contributed by atoms with E-state index in [4.69, 9.17) is 14.6 Å². The van der Waals surface area contributed by atoms with E-state index in [1.54, 1.807) is 12.1 Å². The molecule has 2 heterocycles. The largest absolute Gasteiger partial charge is 0.481 e. The number of aromatic nitrogens is 3. The van der Waals surface area contributed by atoms with Gasteiger partial charge in [-0.15, -0.1) is 0 Å². The standard InChI is InChI=1S/C31H28N4O4/c1-21-27(33-31(39-21)25-10-6-3-7-11-25)18-32-30(38)24-14-12-22(13-15-24)19-35-20-26(16-17-28(36)37)29(34-35)23-8-4-2-5-9-23/h2-15,20H,16-19H2,1H3,(H,32,38)(H,36,37). The first-order chi connectivity index (χ1) is 19.0. The summed E-state index contributed by atoms with van der Waals surface area (Å²) >= 11 is 0. The van der Waals surface area contributed by atoms with Gasteiger partial charge in [-0.25, -0.2) is 4.98 Å². The molecule has 39 heavy (non-hydrogen) atoms. The number of oxazole rings is 1. The Morgan fingerprint density at radius 1 is 0.923 bits per heavy atom. The molecule has 0 fully saturated rings. The third-order valence-electron chi connectivity index (χ3n) is 6.38. The molecule has 2 N–H and O–H groups in total. The van der Waals surface area contributed by atoms with Gasteiger partial charge in [-0.1, -0.05) is 60.7 Å². The van der Waals surface area contributed by atoms with E-state index >= 15 is 0 Å². The fourth-order valence-electron chi connectivity index (χ4n) is 4.32. The molecule has 1 amide bonds. The van der Waals surface area contributed by atoms with Crippen LogP contribution < -0.4 is 5.32 Å². The van der Waals surface area contributed by atoms with Crippen LogP contribution in [0, 0.1) is 6.92 Å². The fourth-order valence-corrected chi connectivity index (χ4v) is 4.32. The SMILES string of the molecule is Cc1oc(-c2ccccc2)nc1CNC(=O)c1ccc(Cn2cc(CCC(=O)O)c(-c3ccccc3)n2)cc1. The summed E-state index contributed by atoms with van der Waals surface area (Å²) in [5, 5.41) is 16.8. The van der Waals surface area contributed by atoms with Crippen molar-refractivity contribution in [3.8, 4) is 22.7 Å². The summed E-state index contributed by atoms with van der Waals surface area (Å²) in [6.45, 7) is 2.59. The molecule has 0 spiro atoms. The molecule has 0 atom stereocenters. The topological polar surface area (TPSA) is 110 Å². The van der Waals surface area contributed by atoms with Crippen LogP contribution >= 0.6 is 0 Å². The van der Waals surface area contributed by atoms with Crippen molar-refractivity contribution >= 4 is 11.9 Å². The number of aryl methyl sites for hydroxylation is 2. The van der Waals surface area contributed by atoms with E-state index in [1.165, 1.54) is 0 Å². The number of aliphatic carboxylic acids is 1. The van der Waals surface area contributed by atoms with E-state index in [0.717, 1.165) is 27.9 Å². The lowest BCUT2D eigenvalue weighted by atomic mass is 10.0. The number of nitrogens with zero attached hydrogens (tertiary/aromatic N) is 3. The highest BCUT2D eigenvalue weighted by atomic mass is 16.4. The Kier molecular flexibility index (Phi) is 7.63. The Morgan fingerprint density at radius 3 is 2.26 bits per heavy atom. The monoisotopic (exact) mass is 520 g/mol. The number of carboxylic acid groups (broad SMARTS) is 1. The number of rotatable bonds is 10. The molecule has 196 valence electrons. The number of carboxylic acids is 1. The Balaban J connectivity index is 1.24. The summed E-state index contributed by atoms with van der Waals surface area (Å²) in [5.41, 5.74) is 5.70. The second kappa shape index (κ2) is 11.6. The van der Waals surface area contributed by atoms with E-state index in [0.29, 0.717) is 35.9 Å². The van der Waals surface area contributed by atoms with Crippen molar-refractivity contribution in [2.75, 3.05) is 0 Å². The van der Waals surface area contributed by atoms with Crippen molar-refractivity contribution in [1.82, 2.24) is 20.1 Å². The van der Waals surface area contributed by atoms with Crippen molar-refractivity contribution in [1.29, 1.82) is 0 Å². The number of carbonyl (C=O) groups is 2. The van der Waals surface area contributed by atoms with Gasteiger partial charge in [-0.05, 0) is 48.7 Å². The van der Waals surface area contributed by atoms with E-state index in [-0.39, 0.29) is 18.9 Å². The minimum absolute atomic E-state index is 0.0385. The van der Waals surface area contributed by atoms with Gasteiger partial charge in [0.05, 0.1) is 18.8 Å². The Labute approximate surface area is 226 Å². The highest BCUT2D eigenvalue weighted by Crippen LogP contribution is 2.24. The van der Waals surface area contributed by atoms with Crippen LogP contribution in [-0.2, 0) is 24.3 Å². The first kappa shape index (κ1) is 25.7. The molecule has 0 aliphatic carbocycles. The predicted octanol–water partition coefficient (Wildman–Crippen LogP) is 5.51. The Morgan fingerprint density at radius 2 is 1.59 bits per heavy atom. The summed E-state index contributed by atoms with van der Waals surface area (Å²) < 4.78 is 7.59. The van der Waals surface area contributed by atoms with Crippen LogP contribution in [0.15, 0.2) is 95.5 Å². The molecule has 2 aromatic heterocycles. The summed E-state index contributed by atoms with van der Waals surface area (Å²) in [6, 6.07) is 26.7. The molecule has 0 saturated carbocycles. The van der Waals surface area contributed by atoms with E-state index < -0.39 is 5.97 Å². The maximum Gasteiger partial charge on any atom is 0.303 e. The minimum Gasteiger partial charge on any atom is -0.481 e. The maximum absolute atomic E-state index is 12.8. The number of benzene rings is 3. The first-order valence-electron chi connectivity index (χ1n) is 12.7. The number of hydrogen-bond acceptors (Lipinski definition) is 5. The molecule has 0 unspecified atom stereocenters. The van der Waals surface area contributed by atoms with Gasteiger partial charge < -0.3 is 14.8 Å². The molecule has 0 aliphatic heterocycles.